The van der Waals surface area contributed by atoms with Gasteiger partial charge < -0.3 is 10.0 Å². The molecule has 2 atom stereocenters. The topological polar surface area (TPSA) is 54.2 Å². The van der Waals surface area contributed by atoms with Gasteiger partial charge in [-0.3, -0.25) is 4.68 Å². The lowest BCUT2D eigenvalue weighted by atomic mass is 9.97. The maximum absolute atomic E-state index is 13.7. The summed E-state index contributed by atoms with van der Waals surface area (Å²) in [6.07, 6.45) is 4.37. The fraction of sp³-hybridized carbons (Fsp3) is 0.500. The molecule has 1 fully saturated rings. The van der Waals surface area contributed by atoms with Crippen LogP contribution in [0.1, 0.15) is 24.5 Å². The molecule has 0 spiro atoms. The van der Waals surface area contributed by atoms with Crippen molar-refractivity contribution in [1.29, 1.82) is 0 Å². The molecule has 0 unspecified atom stereocenters. The number of nitrogens with zero attached hydrogens (tertiary/aromatic N) is 4. The Balaban J connectivity index is 1.58. The van der Waals surface area contributed by atoms with Crippen LogP contribution >= 0.6 is 0 Å². The highest BCUT2D eigenvalue weighted by molar-refractivity contribution is 5.21. The van der Waals surface area contributed by atoms with Gasteiger partial charge in [-0.05, 0) is 31.4 Å². The number of aliphatic hydroxyl groups is 1. The van der Waals surface area contributed by atoms with E-state index in [1.54, 1.807) is 6.33 Å². The molecule has 2 aromatic rings. The third kappa shape index (κ3) is 4.11. The molecule has 1 aromatic heterocycles. The molecule has 3 rings (SSSR count). The zero-order chi connectivity index (χ0) is 16.2. The van der Waals surface area contributed by atoms with Gasteiger partial charge in [0, 0.05) is 31.3 Å². The van der Waals surface area contributed by atoms with Crippen molar-refractivity contribution in [2.75, 3.05) is 19.6 Å². The van der Waals surface area contributed by atoms with Gasteiger partial charge in [-0.15, -0.1) is 0 Å². The number of likely N-dealkylation sites (tertiary alicyclic amines) is 1. The fourth-order valence-corrected chi connectivity index (χ4v) is 3.17. The molecule has 0 saturated carbocycles. The molecule has 124 valence electrons. The van der Waals surface area contributed by atoms with Crippen LogP contribution in [0.4, 0.5) is 8.78 Å². The van der Waals surface area contributed by atoms with Crippen LogP contribution in [-0.2, 0) is 6.54 Å². The normalized spacial score (nSPS) is 20.6. The second-order valence-electron chi connectivity index (χ2n) is 6.07. The molecule has 5 nitrogen and oxygen atoms in total. The van der Waals surface area contributed by atoms with Crippen LogP contribution in [-0.4, -0.2) is 44.4 Å². The fourth-order valence-electron chi connectivity index (χ4n) is 3.17. The number of aliphatic hydroxyl groups excluding tert-OH is 1. The van der Waals surface area contributed by atoms with Gasteiger partial charge in [0.2, 0.25) is 0 Å². The monoisotopic (exact) mass is 322 g/mol. The van der Waals surface area contributed by atoms with Crippen molar-refractivity contribution < 1.29 is 13.9 Å². The van der Waals surface area contributed by atoms with Crippen LogP contribution in [0.3, 0.4) is 0 Å². The molecule has 1 aliphatic heterocycles. The molecule has 7 heteroatoms. The largest absolute Gasteiger partial charge is 0.387 e. The average molecular weight is 322 g/mol. The van der Waals surface area contributed by atoms with Gasteiger partial charge in [-0.2, -0.15) is 5.10 Å². The van der Waals surface area contributed by atoms with Gasteiger partial charge in [-0.25, -0.2) is 13.8 Å². The number of β-amino-alcohol motifs (C(OH)–C–C–N with tert-alkyl or cyclic N) is 1. The quantitative estimate of drug-likeness (QED) is 0.915. The highest BCUT2D eigenvalue weighted by atomic mass is 19.1. The molecule has 1 saturated heterocycles. The Morgan fingerprint density at radius 2 is 2.22 bits per heavy atom. The van der Waals surface area contributed by atoms with Crippen molar-refractivity contribution in [3.8, 4) is 0 Å². The van der Waals surface area contributed by atoms with Gasteiger partial charge in [0.1, 0.15) is 24.3 Å². The second kappa shape index (κ2) is 7.14. The first-order chi connectivity index (χ1) is 11.1. The maximum atomic E-state index is 13.7. The van der Waals surface area contributed by atoms with E-state index in [1.807, 2.05) is 4.68 Å². The Bertz CT molecular complexity index is 635. The minimum Gasteiger partial charge on any atom is -0.387 e. The van der Waals surface area contributed by atoms with Crippen LogP contribution in [0.15, 0.2) is 30.9 Å². The lowest BCUT2D eigenvalue weighted by Crippen LogP contribution is -2.39. The van der Waals surface area contributed by atoms with E-state index in [1.165, 1.54) is 18.5 Å². The third-order valence-corrected chi connectivity index (χ3v) is 4.27. The van der Waals surface area contributed by atoms with E-state index in [9.17, 15) is 13.9 Å². The van der Waals surface area contributed by atoms with E-state index in [-0.39, 0.29) is 5.56 Å². The Labute approximate surface area is 133 Å². The highest BCUT2D eigenvalue weighted by Gasteiger charge is 2.24. The van der Waals surface area contributed by atoms with E-state index >= 15 is 0 Å². The summed E-state index contributed by atoms with van der Waals surface area (Å²) in [5, 5.41) is 14.4. The summed E-state index contributed by atoms with van der Waals surface area (Å²) >= 11 is 0. The lowest BCUT2D eigenvalue weighted by molar-refractivity contribution is 0.0779. The van der Waals surface area contributed by atoms with Gasteiger partial charge >= 0.3 is 0 Å². The molecule has 0 bridgehead atoms. The number of hydrogen-bond donors (Lipinski definition) is 1. The number of rotatable bonds is 5. The predicted octanol–water partition coefficient (Wildman–Crippen LogP) is 2.00. The first-order valence-corrected chi connectivity index (χ1v) is 7.79. The standard InChI is InChI=1S/C16H20F2N4O/c17-13-3-4-14(15(18)6-13)16(23)9-21-5-1-2-12(7-21)8-22-11-19-10-20-22/h3-4,6,10-12,16,23H,1-2,5,7-9H2/t12-,16+/m0/s1. The Morgan fingerprint density at radius 1 is 1.35 bits per heavy atom. The number of hydrogen-bond acceptors (Lipinski definition) is 4. The smallest absolute Gasteiger partial charge is 0.137 e. The Morgan fingerprint density at radius 3 is 2.96 bits per heavy atom. The first-order valence-electron chi connectivity index (χ1n) is 7.79. The van der Waals surface area contributed by atoms with Crippen LogP contribution < -0.4 is 0 Å². The molecule has 0 aliphatic carbocycles. The van der Waals surface area contributed by atoms with Crippen molar-refractivity contribution in [3.05, 3.63) is 48.1 Å². The van der Waals surface area contributed by atoms with E-state index in [4.69, 9.17) is 0 Å². The summed E-state index contributed by atoms with van der Waals surface area (Å²) in [6, 6.07) is 3.29. The predicted molar refractivity (Wildman–Crippen MR) is 80.5 cm³/mol. The molecule has 1 N–H and O–H groups in total. The zero-order valence-corrected chi connectivity index (χ0v) is 12.8. The Hall–Kier alpha value is -1.86. The average Bonchev–Trinajstić information content (AvgIpc) is 3.00. The number of halogens is 2. The minimum atomic E-state index is -0.958. The van der Waals surface area contributed by atoms with E-state index in [0.29, 0.717) is 12.5 Å². The van der Waals surface area contributed by atoms with Crippen LogP contribution in [0.5, 0.6) is 0 Å². The number of benzene rings is 1. The van der Waals surface area contributed by atoms with Crippen molar-refractivity contribution in [2.24, 2.45) is 5.92 Å². The number of piperidine rings is 1. The van der Waals surface area contributed by atoms with Gasteiger partial charge in [0.15, 0.2) is 0 Å². The lowest BCUT2D eigenvalue weighted by Gasteiger charge is -2.33. The summed E-state index contributed by atoms with van der Waals surface area (Å²) in [6.45, 7) is 2.82. The second-order valence-corrected chi connectivity index (χ2v) is 6.07. The van der Waals surface area contributed by atoms with E-state index < -0.39 is 17.7 Å². The van der Waals surface area contributed by atoms with Crippen LogP contribution in [0.2, 0.25) is 0 Å². The molecular formula is C16H20F2N4O. The molecule has 1 aromatic carbocycles. The molecule has 2 heterocycles. The summed E-state index contributed by atoms with van der Waals surface area (Å²) in [4.78, 5) is 6.06. The third-order valence-electron chi connectivity index (χ3n) is 4.27. The Kier molecular flexibility index (Phi) is 4.97. The van der Waals surface area contributed by atoms with E-state index in [0.717, 1.165) is 38.5 Å². The van der Waals surface area contributed by atoms with Gasteiger partial charge in [-0.1, -0.05) is 6.07 Å². The molecule has 0 amide bonds. The minimum absolute atomic E-state index is 0.143. The molecule has 1 aliphatic rings. The molecule has 23 heavy (non-hydrogen) atoms. The first kappa shape index (κ1) is 16.0. The SMILES string of the molecule is O[C@H](CN1CCC[C@H](Cn2cncn2)C1)c1ccc(F)cc1F. The zero-order valence-electron chi connectivity index (χ0n) is 12.8. The summed E-state index contributed by atoms with van der Waals surface area (Å²) < 4.78 is 28.5. The van der Waals surface area contributed by atoms with E-state index in [2.05, 4.69) is 15.0 Å². The number of aromatic nitrogens is 3. The van der Waals surface area contributed by atoms with Crippen molar-refractivity contribution in [2.45, 2.75) is 25.5 Å². The van der Waals surface area contributed by atoms with Gasteiger partial charge in [0.25, 0.3) is 0 Å². The van der Waals surface area contributed by atoms with Crippen molar-refractivity contribution in [3.63, 3.8) is 0 Å². The highest BCUT2D eigenvalue weighted by Crippen LogP contribution is 2.23. The molecule has 0 radical (unpaired) electrons. The molecular weight excluding hydrogens is 302 g/mol. The maximum Gasteiger partial charge on any atom is 0.137 e. The van der Waals surface area contributed by atoms with Crippen molar-refractivity contribution in [1.82, 2.24) is 19.7 Å². The van der Waals surface area contributed by atoms with Crippen molar-refractivity contribution >= 4 is 0 Å². The summed E-state index contributed by atoms with van der Waals surface area (Å²) in [7, 11) is 0. The summed E-state index contributed by atoms with van der Waals surface area (Å²) in [5.74, 6) is -0.909. The van der Waals surface area contributed by atoms with Crippen LogP contribution in [0.25, 0.3) is 0 Å². The van der Waals surface area contributed by atoms with Crippen LogP contribution in [0, 0.1) is 17.6 Å². The van der Waals surface area contributed by atoms with Gasteiger partial charge in [0.05, 0.1) is 6.10 Å². The summed E-state index contributed by atoms with van der Waals surface area (Å²) in [5.41, 5.74) is 0.143.